The molecular formula is C15H13Cl2NO. The van der Waals surface area contributed by atoms with E-state index in [1.54, 1.807) is 18.2 Å². The summed E-state index contributed by atoms with van der Waals surface area (Å²) in [5.41, 5.74) is 1.61. The van der Waals surface area contributed by atoms with E-state index < -0.39 is 0 Å². The van der Waals surface area contributed by atoms with Crippen LogP contribution in [0.15, 0.2) is 48.5 Å². The topological polar surface area (TPSA) is 29.1 Å². The molecule has 2 aromatic rings. The van der Waals surface area contributed by atoms with Gasteiger partial charge in [-0.3, -0.25) is 4.79 Å². The van der Waals surface area contributed by atoms with Crippen molar-refractivity contribution in [3.63, 3.8) is 0 Å². The van der Waals surface area contributed by atoms with Crippen LogP contribution in [0.1, 0.15) is 18.4 Å². The molecule has 2 rings (SSSR count). The first kappa shape index (κ1) is 13.9. The summed E-state index contributed by atoms with van der Waals surface area (Å²) >= 11 is 11.7. The van der Waals surface area contributed by atoms with Gasteiger partial charge in [-0.1, -0.05) is 53.5 Å². The summed E-state index contributed by atoms with van der Waals surface area (Å²) in [7, 11) is 0. The highest BCUT2D eigenvalue weighted by atomic mass is 35.5. The van der Waals surface area contributed by atoms with Crippen LogP contribution in [-0.4, -0.2) is 5.91 Å². The van der Waals surface area contributed by atoms with Gasteiger partial charge in [-0.25, -0.2) is 0 Å². The van der Waals surface area contributed by atoms with E-state index in [1.807, 2.05) is 37.3 Å². The molecule has 0 radical (unpaired) electrons. The number of rotatable bonds is 3. The fraction of sp³-hybridized carbons (Fsp3) is 0.133. The lowest BCUT2D eigenvalue weighted by atomic mass is 10.0. The quantitative estimate of drug-likeness (QED) is 0.870. The van der Waals surface area contributed by atoms with Gasteiger partial charge in [0.1, 0.15) is 0 Å². The van der Waals surface area contributed by atoms with Crippen LogP contribution >= 0.6 is 23.2 Å². The van der Waals surface area contributed by atoms with Gasteiger partial charge in [0.15, 0.2) is 0 Å². The predicted molar refractivity (Wildman–Crippen MR) is 79.9 cm³/mol. The molecule has 0 aliphatic heterocycles. The Hall–Kier alpha value is -1.51. The zero-order valence-corrected chi connectivity index (χ0v) is 11.9. The Kier molecular flexibility index (Phi) is 4.46. The summed E-state index contributed by atoms with van der Waals surface area (Å²) in [4.78, 5) is 12.1. The lowest BCUT2D eigenvalue weighted by Crippen LogP contribution is -2.18. The Morgan fingerprint density at radius 3 is 2.37 bits per heavy atom. The van der Waals surface area contributed by atoms with E-state index in [1.165, 1.54) is 0 Å². The Balaban J connectivity index is 2.10. The number of nitrogens with one attached hydrogen (secondary N) is 1. The zero-order valence-electron chi connectivity index (χ0n) is 10.4. The van der Waals surface area contributed by atoms with Gasteiger partial charge in [-0.05, 0) is 30.7 Å². The molecule has 0 aromatic heterocycles. The molecule has 0 bridgehead atoms. The Morgan fingerprint density at radius 1 is 1.05 bits per heavy atom. The van der Waals surface area contributed by atoms with Crippen molar-refractivity contribution in [2.75, 3.05) is 5.32 Å². The van der Waals surface area contributed by atoms with Gasteiger partial charge in [0.25, 0.3) is 0 Å². The number of amides is 1. The highest BCUT2D eigenvalue weighted by Gasteiger charge is 2.15. The maximum absolute atomic E-state index is 12.1. The molecule has 0 fully saturated rings. The minimum atomic E-state index is -0.226. The third-order valence-corrected chi connectivity index (χ3v) is 3.62. The van der Waals surface area contributed by atoms with Crippen molar-refractivity contribution in [3.05, 3.63) is 64.1 Å². The van der Waals surface area contributed by atoms with E-state index in [2.05, 4.69) is 5.32 Å². The van der Waals surface area contributed by atoms with Gasteiger partial charge in [-0.2, -0.15) is 0 Å². The van der Waals surface area contributed by atoms with Crippen LogP contribution in [0, 0.1) is 0 Å². The molecule has 0 saturated carbocycles. The molecule has 0 heterocycles. The second-order valence-electron chi connectivity index (χ2n) is 4.25. The number of carbonyl (C=O) groups is 1. The summed E-state index contributed by atoms with van der Waals surface area (Å²) in [5.74, 6) is -0.305. The van der Waals surface area contributed by atoms with Crippen LogP contribution in [0.2, 0.25) is 10.0 Å². The smallest absolute Gasteiger partial charge is 0.231 e. The summed E-state index contributed by atoms with van der Waals surface area (Å²) < 4.78 is 0. The van der Waals surface area contributed by atoms with Crippen LogP contribution in [-0.2, 0) is 4.79 Å². The summed E-state index contributed by atoms with van der Waals surface area (Å²) in [5, 5.41) is 3.72. The minimum Gasteiger partial charge on any atom is -0.326 e. The van der Waals surface area contributed by atoms with Crippen molar-refractivity contribution < 1.29 is 4.79 Å². The maximum atomic E-state index is 12.1. The van der Waals surface area contributed by atoms with Gasteiger partial charge in [-0.15, -0.1) is 0 Å². The van der Waals surface area contributed by atoms with Crippen LogP contribution < -0.4 is 5.32 Å². The Labute approximate surface area is 122 Å². The molecule has 2 nitrogen and oxygen atoms in total. The number of halogens is 2. The first-order valence-corrected chi connectivity index (χ1v) is 6.64. The van der Waals surface area contributed by atoms with Crippen molar-refractivity contribution in [1.82, 2.24) is 0 Å². The van der Waals surface area contributed by atoms with Gasteiger partial charge in [0.2, 0.25) is 5.91 Å². The molecule has 1 N–H and O–H groups in total. The second-order valence-corrected chi connectivity index (χ2v) is 5.06. The third-order valence-electron chi connectivity index (χ3n) is 2.88. The molecule has 0 unspecified atom stereocenters. The van der Waals surface area contributed by atoms with E-state index >= 15 is 0 Å². The average Bonchev–Trinajstić information content (AvgIpc) is 2.43. The normalized spacial score (nSPS) is 11.9. The van der Waals surface area contributed by atoms with Crippen LogP contribution in [0.25, 0.3) is 0 Å². The zero-order chi connectivity index (χ0) is 13.8. The van der Waals surface area contributed by atoms with E-state index in [-0.39, 0.29) is 11.8 Å². The summed E-state index contributed by atoms with van der Waals surface area (Å²) in [6.07, 6.45) is 0. The lowest BCUT2D eigenvalue weighted by molar-refractivity contribution is -0.117. The lowest BCUT2D eigenvalue weighted by Gasteiger charge is -2.12. The number of anilines is 1. The first-order chi connectivity index (χ1) is 9.08. The maximum Gasteiger partial charge on any atom is 0.231 e. The van der Waals surface area contributed by atoms with Crippen LogP contribution in [0.4, 0.5) is 5.69 Å². The molecule has 1 atom stereocenters. The Morgan fingerprint density at radius 2 is 1.74 bits per heavy atom. The predicted octanol–water partition coefficient (Wildman–Crippen LogP) is 4.74. The van der Waals surface area contributed by atoms with E-state index in [9.17, 15) is 4.79 Å². The monoisotopic (exact) mass is 293 g/mol. The van der Waals surface area contributed by atoms with Crippen molar-refractivity contribution >= 4 is 34.8 Å². The van der Waals surface area contributed by atoms with Crippen LogP contribution in [0.5, 0.6) is 0 Å². The number of carbonyl (C=O) groups excluding carboxylic acids is 1. The molecule has 0 spiro atoms. The van der Waals surface area contributed by atoms with Crippen molar-refractivity contribution in [2.24, 2.45) is 0 Å². The molecule has 0 aliphatic carbocycles. The Bertz CT molecular complexity index is 584. The van der Waals surface area contributed by atoms with Crippen molar-refractivity contribution in [3.8, 4) is 0 Å². The second kappa shape index (κ2) is 6.09. The molecule has 2 aromatic carbocycles. The van der Waals surface area contributed by atoms with Gasteiger partial charge < -0.3 is 5.32 Å². The van der Waals surface area contributed by atoms with E-state index in [0.29, 0.717) is 15.7 Å². The third kappa shape index (κ3) is 3.49. The first-order valence-electron chi connectivity index (χ1n) is 5.89. The standard InChI is InChI=1S/C15H13Cl2NO/c1-10(11-5-3-2-4-6-11)15(19)18-12-7-8-13(16)14(17)9-12/h2-10H,1H3,(H,18,19)/t10-/m1/s1. The largest absolute Gasteiger partial charge is 0.326 e. The van der Waals surface area contributed by atoms with Gasteiger partial charge in [0, 0.05) is 5.69 Å². The van der Waals surface area contributed by atoms with Gasteiger partial charge in [0.05, 0.1) is 16.0 Å². The van der Waals surface area contributed by atoms with Gasteiger partial charge >= 0.3 is 0 Å². The molecule has 0 aliphatic rings. The number of hydrogen-bond donors (Lipinski definition) is 1. The number of hydrogen-bond acceptors (Lipinski definition) is 1. The molecule has 19 heavy (non-hydrogen) atoms. The van der Waals surface area contributed by atoms with Crippen molar-refractivity contribution in [1.29, 1.82) is 0 Å². The van der Waals surface area contributed by atoms with E-state index in [0.717, 1.165) is 5.56 Å². The summed E-state index contributed by atoms with van der Waals surface area (Å²) in [6.45, 7) is 1.86. The molecule has 1 amide bonds. The van der Waals surface area contributed by atoms with E-state index in [4.69, 9.17) is 23.2 Å². The average molecular weight is 294 g/mol. The fourth-order valence-corrected chi connectivity index (χ4v) is 2.02. The molecule has 98 valence electrons. The van der Waals surface area contributed by atoms with Crippen molar-refractivity contribution in [2.45, 2.75) is 12.8 Å². The highest BCUT2D eigenvalue weighted by Crippen LogP contribution is 2.26. The SMILES string of the molecule is C[C@@H](C(=O)Nc1ccc(Cl)c(Cl)c1)c1ccccc1. The highest BCUT2D eigenvalue weighted by molar-refractivity contribution is 6.42. The molecular weight excluding hydrogens is 281 g/mol. The fourth-order valence-electron chi connectivity index (χ4n) is 1.72. The minimum absolute atomic E-state index is 0.0791. The summed E-state index contributed by atoms with van der Waals surface area (Å²) in [6, 6.07) is 14.6. The molecule has 4 heteroatoms. The molecule has 0 saturated heterocycles. The van der Waals surface area contributed by atoms with Crippen LogP contribution in [0.3, 0.4) is 0 Å². The number of benzene rings is 2.